The SMILES string of the molecule is COC(=O)c1cccc(OC(=O)c2csc(C)n2)c1. The average molecular weight is 277 g/mol. The topological polar surface area (TPSA) is 65.5 Å². The van der Waals surface area contributed by atoms with Crippen LogP contribution in [0.5, 0.6) is 5.75 Å². The molecule has 0 fully saturated rings. The summed E-state index contributed by atoms with van der Waals surface area (Å²) in [6, 6.07) is 6.23. The molecule has 1 aromatic heterocycles. The molecular formula is C13H11NO4S. The highest BCUT2D eigenvalue weighted by Gasteiger charge is 2.13. The molecule has 0 saturated heterocycles. The summed E-state index contributed by atoms with van der Waals surface area (Å²) in [6.45, 7) is 1.80. The van der Waals surface area contributed by atoms with Gasteiger partial charge in [-0.2, -0.15) is 0 Å². The fourth-order valence-electron chi connectivity index (χ4n) is 1.42. The Kier molecular flexibility index (Phi) is 3.91. The van der Waals surface area contributed by atoms with Crippen LogP contribution in [0.15, 0.2) is 29.6 Å². The third kappa shape index (κ3) is 3.17. The van der Waals surface area contributed by atoms with Gasteiger partial charge >= 0.3 is 11.9 Å². The molecule has 1 heterocycles. The van der Waals surface area contributed by atoms with Crippen LogP contribution in [0.3, 0.4) is 0 Å². The van der Waals surface area contributed by atoms with E-state index in [1.807, 2.05) is 0 Å². The van der Waals surface area contributed by atoms with Crippen molar-refractivity contribution in [2.75, 3.05) is 7.11 Å². The van der Waals surface area contributed by atoms with Crippen molar-refractivity contribution in [3.63, 3.8) is 0 Å². The Morgan fingerprint density at radius 3 is 2.68 bits per heavy atom. The number of esters is 2. The number of carbonyl (C=O) groups excluding carboxylic acids is 2. The number of methoxy groups -OCH3 is 1. The van der Waals surface area contributed by atoms with Crippen molar-refractivity contribution in [2.45, 2.75) is 6.92 Å². The van der Waals surface area contributed by atoms with Crippen LogP contribution in [0.4, 0.5) is 0 Å². The Morgan fingerprint density at radius 2 is 2.05 bits per heavy atom. The van der Waals surface area contributed by atoms with Crippen molar-refractivity contribution < 1.29 is 19.1 Å². The van der Waals surface area contributed by atoms with Gasteiger partial charge in [0.25, 0.3) is 0 Å². The van der Waals surface area contributed by atoms with Crippen molar-refractivity contribution in [1.29, 1.82) is 0 Å². The number of thiazole rings is 1. The zero-order valence-corrected chi connectivity index (χ0v) is 11.2. The third-order valence-corrected chi connectivity index (χ3v) is 3.07. The molecule has 1 aromatic carbocycles. The smallest absolute Gasteiger partial charge is 0.363 e. The Labute approximate surface area is 113 Å². The number of nitrogens with zero attached hydrogens (tertiary/aromatic N) is 1. The van der Waals surface area contributed by atoms with E-state index >= 15 is 0 Å². The molecule has 6 heteroatoms. The maximum absolute atomic E-state index is 11.8. The van der Waals surface area contributed by atoms with Crippen molar-refractivity contribution in [1.82, 2.24) is 4.98 Å². The average Bonchev–Trinajstić information content (AvgIpc) is 2.85. The zero-order chi connectivity index (χ0) is 13.8. The van der Waals surface area contributed by atoms with Gasteiger partial charge in [-0.15, -0.1) is 11.3 Å². The van der Waals surface area contributed by atoms with Crippen LogP contribution in [0.1, 0.15) is 25.9 Å². The summed E-state index contributed by atoms with van der Waals surface area (Å²) in [5.41, 5.74) is 0.577. The van der Waals surface area contributed by atoms with Crippen LogP contribution >= 0.6 is 11.3 Å². The minimum atomic E-state index is -0.550. The first-order valence-electron chi connectivity index (χ1n) is 5.43. The molecule has 5 nitrogen and oxygen atoms in total. The second kappa shape index (κ2) is 5.62. The highest BCUT2D eigenvalue weighted by Crippen LogP contribution is 2.16. The van der Waals surface area contributed by atoms with Gasteiger partial charge in [-0.05, 0) is 25.1 Å². The van der Waals surface area contributed by atoms with Crippen molar-refractivity contribution >= 4 is 23.3 Å². The van der Waals surface area contributed by atoms with Crippen LogP contribution in [-0.4, -0.2) is 24.0 Å². The van der Waals surface area contributed by atoms with Gasteiger partial charge in [-0.25, -0.2) is 14.6 Å². The van der Waals surface area contributed by atoms with Crippen molar-refractivity contribution in [3.8, 4) is 5.75 Å². The Balaban J connectivity index is 2.15. The van der Waals surface area contributed by atoms with Crippen LogP contribution in [0.2, 0.25) is 0 Å². The second-order valence-corrected chi connectivity index (χ2v) is 4.72. The fraction of sp³-hybridized carbons (Fsp3) is 0.154. The maximum atomic E-state index is 11.8. The van der Waals surface area contributed by atoms with E-state index in [9.17, 15) is 9.59 Å². The van der Waals surface area contributed by atoms with E-state index in [4.69, 9.17) is 4.74 Å². The third-order valence-electron chi connectivity index (χ3n) is 2.29. The van der Waals surface area contributed by atoms with Gasteiger partial charge in [-0.3, -0.25) is 0 Å². The minimum absolute atomic E-state index is 0.256. The fourth-order valence-corrected chi connectivity index (χ4v) is 2.00. The molecule has 0 atom stereocenters. The van der Waals surface area contributed by atoms with E-state index in [1.165, 1.54) is 24.5 Å². The van der Waals surface area contributed by atoms with Gasteiger partial charge in [0.1, 0.15) is 5.75 Å². The number of hydrogen-bond donors (Lipinski definition) is 0. The van der Waals surface area contributed by atoms with Gasteiger partial charge in [0.05, 0.1) is 17.7 Å². The number of benzene rings is 1. The summed E-state index contributed by atoms with van der Waals surface area (Å²) in [7, 11) is 1.29. The lowest BCUT2D eigenvalue weighted by Crippen LogP contribution is -2.09. The number of rotatable bonds is 3. The van der Waals surface area contributed by atoms with E-state index in [2.05, 4.69) is 9.72 Å². The summed E-state index contributed by atoms with van der Waals surface area (Å²) in [4.78, 5) is 27.2. The summed E-state index contributed by atoms with van der Waals surface area (Å²) < 4.78 is 9.74. The molecule has 0 aliphatic rings. The lowest BCUT2D eigenvalue weighted by atomic mass is 10.2. The largest absolute Gasteiger partial charge is 0.465 e. The number of aryl methyl sites for hydroxylation is 1. The molecule has 19 heavy (non-hydrogen) atoms. The number of carbonyl (C=O) groups is 2. The first-order valence-corrected chi connectivity index (χ1v) is 6.31. The maximum Gasteiger partial charge on any atom is 0.363 e. The lowest BCUT2D eigenvalue weighted by Gasteiger charge is -2.04. The van der Waals surface area contributed by atoms with Crippen LogP contribution < -0.4 is 4.74 Å². The predicted octanol–water partition coefficient (Wildman–Crippen LogP) is 2.46. The first kappa shape index (κ1) is 13.2. The molecule has 0 aliphatic carbocycles. The Bertz CT molecular complexity index is 621. The van der Waals surface area contributed by atoms with Crippen LogP contribution in [-0.2, 0) is 4.74 Å². The highest BCUT2D eigenvalue weighted by molar-refractivity contribution is 7.09. The predicted molar refractivity (Wildman–Crippen MR) is 69.6 cm³/mol. The van der Waals surface area contributed by atoms with Gasteiger partial charge < -0.3 is 9.47 Å². The molecule has 0 amide bonds. The molecule has 0 unspecified atom stereocenters. The number of ether oxygens (including phenoxy) is 2. The molecule has 0 saturated carbocycles. The summed E-state index contributed by atoms with van der Waals surface area (Å²) in [5.74, 6) is -0.757. The van der Waals surface area contributed by atoms with E-state index in [1.54, 1.807) is 30.5 Å². The Hall–Kier alpha value is -2.21. The standard InChI is InChI=1S/C13H11NO4S/c1-8-14-11(7-19-8)13(16)18-10-5-3-4-9(6-10)12(15)17-2/h3-7H,1-2H3. The first-order chi connectivity index (χ1) is 9.10. The highest BCUT2D eigenvalue weighted by atomic mass is 32.1. The zero-order valence-electron chi connectivity index (χ0n) is 10.4. The molecule has 0 aliphatic heterocycles. The lowest BCUT2D eigenvalue weighted by molar-refractivity contribution is 0.0597. The quantitative estimate of drug-likeness (QED) is 0.637. The Morgan fingerprint density at radius 1 is 1.26 bits per heavy atom. The molecule has 0 radical (unpaired) electrons. The molecule has 98 valence electrons. The molecule has 0 bridgehead atoms. The molecule has 0 N–H and O–H groups in total. The van der Waals surface area contributed by atoms with Gasteiger partial charge in [0, 0.05) is 5.38 Å². The minimum Gasteiger partial charge on any atom is -0.465 e. The molecular weight excluding hydrogens is 266 g/mol. The van der Waals surface area contributed by atoms with Crippen LogP contribution in [0, 0.1) is 6.92 Å². The molecule has 0 spiro atoms. The summed E-state index contributed by atoms with van der Waals surface area (Å²) in [6.07, 6.45) is 0. The normalized spacial score (nSPS) is 10.0. The molecule has 2 aromatic rings. The van der Waals surface area contributed by atoms with Crippen molar-refractivity contribution in [3.05, 3.63) is 45.9 Å². The number of aromatic nitrogens is 1. The van der Waals surface area contributed by atoms with Gasteiger partial charge in [0.2, 0.25) is 0 Å². The summed E-state index contributed by atoms with van der Waals surface area (Å²) >= 11 is 1.37. The second-order valence-electron chi connectivity index (χ2n) is 3.66. The number of hydrogen-bond acceptors (Lipinski definition) is 6. The van der Waals surface area contributed by atoms with E-state index in [0.29, 0.717) is 5.56 Å². The summed E-state index contributed by atoms with van der Waals surface area (Å²) in [5, 5.41) is 2.41. The van der Waals surface area contributed by atoms with E-state index in [0.717, 1.165) is 5.01 Å². The van der Waals surface area contributed by atoms with E-state index in [-0.39, 0.29) is 11.4 Å². The van der Waals surface area contributed by atoms with Crippen LogP contribution in [0.25, 0.3) is 0 Å². The van der Waals surface area contributed by atoms with E-state index < -0.39 is 11.9 Å². The monoisotopic (exact) mass is 277 g/mol. The van der Waals surface area contributed by atoms with Gasteiger partial charge in [0.15, 0.2) is 5.69 Å². The van der Waals surface area contributed by atoms with Crippen molar-refractivity contribution in [2.24, 2.45) is 0 Å². The van der Waals surface area contributed by atoms with Gasteiger partial charge in [-0.1, -0.05) is 6.07 Å². The molecule has 2 rings (SSSR count).